The van der Waals surface area contributed by atoms with Gasteiger partial charge in [-0.3, -0.25) is 0 Å². The van der Waals surface area contributed by atoms with Crippen LogP contribution in [0.5, 0.6) is 11.6 Å². The predicted octanol–water partition coefficient (Wildman–Crippen LogP) is 2.60. The van der Waals surface area contributed by atoms with Crippen LogP contribution in [0.2, 0.25) is 0 Å². The summed E-state index contributed by atoms with van der Waals surface area (Å²) in [5, 5.41) is 0. The van der Waals surface area contributed by atoms with Crippen molar-refractivity contribution in [3.05, 3.63) is 41.7 Å². The predicted molar refractivity (Wildman–Crippen MR) is 77.8 cm³/mol. The maximum Gasteiger partial charge on any atom is 0.219 e. The molecule has 20 heavy (non-hydrogen) atoms. The summed E-state index contributed by atoms with van der Waals surface area (Å²) in [6.07, 6.45) is 1.76. The van der Waals surface area contributed by atoms with Crippen molar-refractivity contribution in [3.63, 3.8) is 0 Å². The molecule has 0 aliphatic heterocycles. The minimum absolute atomic E-state index is 0.416. The third-order valence-corrected chi connectivity index (χ3v) is 2.76. The van der Waals surface area contributed by atoms with E-state index in [0.717, 1.165) is 24.2 Å². The highest BCUT2D eigenvalue weighted by Gasteiger charge is 2.04. The molecule has 106 valence electrons. The van der Waals surface area contributed by atoms with E-state index < -0.39 is 0 Å². The number of methoxy groups -OCH3 is 1. The Hall–Kier alpha value is -2.30. The molecule has 1 aromatic carbocycles. The number of rotatable bonds is 6. The van der Waals surface area contributed by atoms with Gasteiger partial charge in [0.05, 0.1) is 7.11 Å². The standard InChI is InChI=1S/C15H19N3O2/c1-3-5-14-17-13(16)9-15(18-14)20-10-11-6-4-7-12(8-11)19-2/h4,6-9H,3,5,10H2,1-2H3,(H2,16,17,18). The summed E-state index contributed by atoms with van der Waals surface area (Å²) in [4.78, 5) is 8.51. The summed E-state index contributed by atoms with van der Waals surface area (Å²) in [7, 11) is 1.64. The molecule has 0 radical (unpaired) electrons. The number of anilines is 1. The quantitative estimate of drug-likeness (QED) is 0.876. The molecule has 2 rings (SSSR count). The lowest BCUT2D eigenvalue weighted by molar-refractivity contribution is 0.291. The molecule has 0 aliphatic rings. The van der Waals surface area contributed by atoms with Gasteiger partial charge in [0.25, 0.3) is 0 Å². The van der Waals surface area contributed by atoms with Gasteiger partial charge in [0.1, 0.15) is 24.0 Å². The Morgan fingerprint density at radius 3 is 2.80 bits per heavy atom. The van der Waals surface area contributed by atoms with E-state index in [0.29, 0.717) is 24.1 Å². The van der Waals surface area contributed by atoms with Crippen molar-refractivity contribution in [1.29, 1.82) is 0 Å². The Balaban J connectivity index is 2.06. The fourth-order valence-electron chi connectivity index (χ4n) is 1.82. The molecule has 2 N–H and O–H groups in total. The Morgan fingerprint density at radius 1 is 1.20 bits per heavy atom. The molecule has 0 aliphatic carbocycles. The van der Waals surface area contributed by atoms with Crippen LogP contribution in [0.25, 0.3) is 0 Å². The van der Waals surface area contributed by atoms with Crippen LogP contribution in [-0.4, -0.2) is 17.1 Å². The first-order chi connectivity index (χ1) is 9.71. The highest BCUT2D eigenvalue weighted by atomic mass is 16.5. The van der Waals surface area contributed by atoms with Gasteiger partial charge in [-0.25, -0.2) is 4.98 Å². The number of ether oxygens (including phenoxy) is 2. The maximum absolute atomic E-state index is 5.75. The summed E-state index contributed by atoms with van der Waals surface area (Å²) < 4.78 is 10.8. The van der Waals surface area contributed by atoms with Crippen LogP contribution >= 0.6 is 0 Å². The van der Waals surface area contributed by atoms with E-state index in [1.165, 1.54) is 0 Å². The van der Waals surface area contributed by atoms with Gasteiger partial charge >= 0.3 is 0 Å². The minimum Gasteiger partial charge on any atom is -0.497 e. The molecule has 1 aromatic heterocycles. The molecule has 0 bridgehead atoms. The maximum atomic E-state index is 5.75. The van der Waals surface area contributed by atoms with Crippen LogP contribution in [0.1, 0.15) is 24.7 Å². The SMILES string of the molecule is CCCc1nc(N)cc(OCc2cccc(OC)c2)n1. The van der Waals surface area contributed by atoms with Crippen LogP contribution in [0.4, 0.5) is 5.82 Å². The molecule has 0 atom stereocenters. The first-order valence-corrected chi connectivity index (χ1v) is 6.60. The zero-order chi connectivity index (χ0) is 14.4. The lowest BCUT2D eigenvalue weighted by Gasteiger charge is -2.08. The molecule has 0 fully saturated rings. The third kappa shape index (κ3) is 3.85. The van der Waals surface area contributed by atoms with Gasteiger partial charge < -0.3 is 15.2 Å². The average Bonchev–Trinajstić information content (AvgIpc) is 2.45. The van der Waals surface area contributed by atoms with Crippen LogP contribution in [-0.2, 0) is 13.0 Å². The second kappa shape index (κ2) is 6.75. The van der Waals surface area contributed by atoms with E-state index in [4.69, 9.17) is 15.2 Å². The van der Waals surface area contributed by atoms with Gasteiger partial charge in [0.2, 0.25) is 5.88 Å². The monoisotopic (exact) mass is 273 g/mol. The van der Waals surface area contributed by atoms with E-state index >= 15 is 0 Å². The van der Waals surface area contributed by atoms with Gasteiger partial charge in [-0.1, -0.05) is 19.1 Å². The van der Waals surface area contributed by atoms with Crippen molar-refractivity contribution in [2.24, 2.45) is 0 Å². The molecular formula is C15H19N3O2. The first kappa shape index (κ1) is 14.1. The zero-order valence-corrected chi connectivity index (χ0v) is 11.8. The summed E-state index contributed by atoms with van der Waals surface area (Å²) >= 11 is 0. The van der Waals surface area contributed by atoms with Crippen LogP contribution in [0, 0.1) is 0 Å². The number of nitrogens with two attached hydrogens (primary N) is 1. The summed E-state index contributed by atoms with van der Waals surface area (Å²) in [5.74, 6) is 2.46. The van der Waals surface area contributed by atoms with Crippen molar-refractivity contribution in [1.82, 2.24) is 9.97 Å². The summed E-state index contributed by atoms with van der Waals surface area (Å²) in [5.41, 5.74) is 6.77. The van der Waals surface area contributed by atoms with E-state index in [-0.39, 0.29) is 0 Å². The zero-order valence-electron chi connectivity index (χ0n) is 11.8. The minimum atomic E-state index is 0.416. The van der Waals surface area contributed by atoms with E-state index in [1.54, 1.807) is 13.2 Å². The molecule has 1 heterocycles. The van der Waals surface area contributed by atoms with Crippen molar-refractivity contribution < 1.29 is 9.47 Å². The van der Waals surface area contributed by atoms with Gasteiger partial charge in [0, 0.05) is 12.5 Å². The Morgan fingerprint density at radius 2 is 2.05 bits per heavy atom. The van der Waals surface area contributed by atoms with E-state index in [2.05, 4.69) is 16.9 Å². The fourth-order valence-corrected chi connectivity index (χ4v) is 1.82. The number of aryl methyl sites for hydroxylation is 1. The van der Waals surface area contributed by atoms with Crippen molar-refractivity contribution in [2.45, 2.75) is 26.4 Å². The fraction of sp³-hybridized carbons (Fsp3) is 0.333. The number of nitrogen functional groups attached to an aromatic ring is 1. The number of benzene rings is 1. The molecule has 0 saturated heterocycles. The van der Waals surface area contributed by atoms with Gasteiger partial charge in [-0.05, 0) is 24.1 Å². The van der Waals surface area contributed by atoms with Gasteiger partial charge in [-0.2, -0.15) is 4.98 Å². The second-order valence-corrected chi connectivity index (χ2v) is 4.44. The Kier molecular flexibility index (Phi) is 4.76. The summed E-state index contributed by atoms with van der Waals surface area (Å²) in [6, 6.07) is 9.36. The van der Waals surface area contributed by atoms with Crippen LogP contribution in [0.15, 0.2) is 30.3 Å². The molecule has 0 amide bonds. The molecule has 0 saturated carbocycles. The molecular weight excluding hydrogens is 254 g/mol. The second-order valence-electron chi connectivity index (χ2n) is 4.44. The first-order valence-electron chi connectivity index (χ1n) is 6.60. The highest BCUT2D eigenvalue weighted by molar-refractivity contribution is 5.33. The smallest absolute Gasteiger partial charge is 0.219 e. The van der Waals surface area contributed by atoms with Crippen molar-refractivity contribution >= 4 is 5.82 Å². The van der Waals surface area contributed by atoms with Crippen LogP contribution in [0.3, 0.4) is 0 Å². The number of hydrogen-bond acceptors (Lipinski definition) is 5. The molecule has 5 heteroatoms. The summed E-state index contributed by atoms with van der Waals surface area (Å²) in [6.45, 7) is 2.49. The number of nitrogens with zero attached hydrogens (tertiary/aromatic N) is 2. The molecule has 5 nitrogen and oxygen atoms in total. The normalized spacial score (nSPS) is 10.3. The van der Waals surface area contributed by atoms with E-state index in [1.807, 2.05) is 24.3 Å². The van der Waals surface area contributed by atoms with E-state index in [9.17, 15) is 0 Å². The lowest BCUT2D eigenvalue weighted by atomic mass is 10.2. The van der Waals surface area contributed by atoms with Gasteiger partial charge in [-0.15, -0.1) is 0 Å². The number of aromatic nitrogens is 2. The largest absolute Gasteiger partial charge is 0.497 e. The Labute approximate surface area is 118 Å². The Bertz CT molecular complexity index is 573. The highest BCUT2D eigenvalue weighted by Crippen LogP contribution is 2.16. The third-order valence-electron chi connectivity index (χ3n) is 2.76. The van der Waals surface area contributed by atoms with Crippen LogP contribution < -0.4 is 15.2 Å². The van der Waals surface area contributed by atoms with Gasteiger partial charge in [0.15, 0.2) is 0 Å². The molecule has 2 aromatic rings. The lowest BCUT2D eigenvalue weighted by Crippen LogP contribution is -2.04. The van der Waals surface area contributed by atoms with Crippen molar-refractivity contribution in [3.8, 4) is 11.6 Å². The average molecular weight is 273 g/mol. The topological polar surface area (TPSA) is 70.3 Å². The molecule has 0 spiro atoms. The number of hydrogen-bond donors (Lipinski definition) is 1. The molecule has 0 unspecified atom stereocenters. The van der Waals surface area contributed by atoms with Crippen molar-refractivity contribution in [2.75, 3.05) is 12.8 Å².